The zero-order chi connectivity index (χ0) is 8.04. The summed E-state index contributed by atoms with van der Waals surface area (Å²) >= 11 is 0. The first-order chi connectivity index (χ1) is 4.56. The van der Waals surface area contributed by atoms with Crippen molar-refractivity contribution in [3.8, 4) is 0 Å². The van der Waals surface area contributed by atoms with Crippen LogP contribution in [-0.2, 0) is 4.79 Å². The van der Waals surface area contributed by atoms with Crippen LogP contribution >= 0.6 is 24.0 Å². The Kier molecular flexibility index (Phi) is 14.3. The third kappa shape index (κ3) is 16.8. The molecule has 3 N–H and O–H groups in total. The van der Waals surface area contributed by atoms with Crippen molar-refractivity contribution in [1.29, 1.82) is 0 Å². The molecule has 0 aliphatic rings. The molecule has 0 heterocycles. The Labute approximate surface area is 93.1 Å². The van der Waals surface area contributed by atoms with Crippen LogP contribution in [0.2, 0.25) is 0 Å². The van der Waals surface area contributed by atoms with Crippen LogP contribution in [0.15, 0.2) is 0 Å². The predicted molar refractivity (Wildman–Crippen MR) is 64.4 cm³/mol. The second-order valence-electron chi connectivity index (χ2n) is 3.97. The van der Waals surface area contributed by atoms with Gasteiger partial charge in [0.05, 0.1) is 0 Å². The molecule has 0 aliphatic heterocycles. The Balaban J connectivity index is -0.000000405. The monoisotopic (exact) mass is 287 g/mol. The SMILES string of the molecule is CC(C)(C)CCCCC=O.I.N. The van der Waals surface area contributed by atoms with Gasteiger partial charge in [-0.1, -0.05) is 27.2 Å². The molecule has 0 rings (SSSR count). The molecule has 76 valence electrons. The van der Waals surface area contributed by atoms with Crippen LogP contribution < -0.4 is 6.15 Å². The molecule has 0 radical (unpaired) electrons. The van der Waals surface area contributed by atoms with Gasteiger partial charge in [-0.05, 0) is 18.3 Å². The summed E-state index contributed by atoms with van der Waals surface area (Å²) in [5.41, 5.74) is 0.433. The third-order valence-electron chi connectivity index (χ3n) is 1.50. The fourth-order valence-electron chi connectivity index (χ4n) is 0.883. The van der Waals surface area contributed by atoms with E-state index in [-0.39, 0.29) is 30.1 Å². The van der Waals surface area contributed by atoms with Gasteiger partial charge < -0.3 is 10.9 Å². The summed E-state index contributed by atoms with van der Waals surface area (Å²) in [6.45, 7) is 6.69. The number of halogens is 1. The number of aldehydes is 1. The summed E-state index contributed by atoms with van der Waals surface area (Å²) in [6.07, 6.45) is 5.20. The van der Waals surface area contributed by atoms with E-state index in [2.05, 4.69) is 20.8 Å². The Morgan fingerprint density at radius 3 is 2.00 bits per heavy atom. The van der Waals surface area contributed by atoms with E-state index in [0.717, 1.165) is 19.1 Å². The minimum Gasteiger partial charge on any atom is -0.344 e. The van der Waals surface area contributed by atoms with Crippen LogP contribution in [0.1, 0.15) is 46.5 Å². The Morgan fingerprint density at radius 2 is 1.67 bits per heavy atom. The van der Waals surface area contributed by atoms with Crippen LogP contribution in [0.5, 0.6) is 0 Å². The van der Waals surface area contributed by atoms with Crippen LogP contribution in [0.4, 0.5) is 0 Å². The first-order valence-corrected chi connectivity index (χ1v) is 4.00. The van der Waals surface area contributed by atoms with Gasteiger partial charge in [0.15, 0.2) is 0 Å². The van der Waals surface area contributed by atoms with Crippen LogP contribution in [0.3, 0.4) is 0 Å². The summed E-state index contributed by atoms with van der Waals surface area (Å²) in [6, 6.07) is 0. The fourth-order valence-corrected chi connectivity index (χ4v) is 0.883. The quantitative estimate of drug-likeness (QED) is 0.488. The lowest BCUT2D eigenvalue weighted by Gasteiger charge is -2.16. The van der Waals surface area contributed by atoms with E-state index in [1.165, 1.54) is 12.8 Å². The molecular formula is C9H22INO. The summed E-state index contributed by atoms with van der Waals surface area (Å²) in [5.74, 6) is 0. The van der Waals surface area contributed by atoms with Crippen molar-refractivity contribution in [2.24, 2.45) is 5.41 Å². The zero-order valence-electron chi connectivity index (χ0n) is 8.43. The maximum atomic E-state index is 9.93. The lowest BCUT2D eigenvalue weighted by Crippen LogP contribution is -2.03. The molecule has 12 heavy (non-hydrogen) atoms. The van der Waals surface area contributed by atoms with Crippen molar-refractivity contribution >= 4 is 30.3 Å². The lowest BCUT2D eigenvalue weighted by atomic mass is 9.90. The molecule has 0 spiro atoms. The molecule has 0 aromatic heterocycles. The molecule has 0 amide bonds. The highest BCUT2D eigenvalue weighted by atomic mass is 127. The van der Waals surface area contributed by atoms with E-state index in [0.29, 0.717) is 5.41 Å². The average Bonchev–Trinajstić information content (AvgIpc) is 1.78. The molecule has 0 unspecified atom stereocenters. The topological polar surface area (TPSA) is 52.1 Å². The summed E-state index contributed by atoms with van der Waals surface area (Å²) in [4.78, 5) is 9.93. The van der Waals surface area contributed by atoms with E-state index in [9.17, 15) is 4.79 Å². The van der Waals surface area contributed by atoms with Gasteiger partial charge in [0.2, 0.25) is 0 Å². The molecule has 2 nitrogen and oxygen atoms in total. The number of carbonyl (C=O) groups excluding carboxylic acids is 1. The summed E-state index contributed by atoms with van der Waals surface area (Å²) in [5, 5.41) is 0. The van der Waals surface area contributed by atoms with Gasteiger partial charge in [0.25, 0.3) is 0 Å². The second-order valence-corrected chi connectivity index (χ2v) is 3.97. The first kappa shape index (κ1) is 18.2. The van der Waals surface area contributed by atoms with Crippen molar-refractivity contribution in [2.45, 2.75) is 46.5 Å². The van der Waals surface area contributed by atoms with Crippen molar-refractivity contribution in [2.75, 3.05) is 0 Å². The van der Waals surface area contributed by atoms with E-state index >= 15 is 0 Å². The minimum absolute atomic E-state index is 0. The third-order valence-corrected chi connectivity index (χ3v) is 1.50. The number of unbranched alkanes of at least 4 members (excludes halogenated alkanes) is 2. The molecule has 0 saturated heterocycles. The van der Waals surface area contributed by atoms with Crippen molar-refractivity contribution in [3.63, 3.8) is 0 Å². The molecular weight excluding hydrogens is 265 g/mol. The molecule has 0 bridgehead atoms. The smallest absolute Gasteiger partial charge is 0.119 e. The van der Waals surface area contributed by atoms with Gasteiger partial charge in [0, 0.05) is 6.42 Å². The second kappa shape index (κ2) is 9.45. The van der Waals surface area contributed by atoms with E-state index in [4.69, 9.17) is 0 Å². The summed E-state index contributed by atoms with van der Waals surface area (Å²) in [7, 11) is 0. The number of carbonyl (C=O) groups is 1. The standard InChI is InChI=1S/C9H18O.HI.H3N/c1-9(2,3)7-5-4-6-8-10;;/h8H,4-7H2,1-3H3;1H;1H3. The molecule has 0 aliphatic carbocycles. The number of hydrogen-bond donors (Lipinski definition) is 1. The van der Waals surface area contributed by atoms with Crippen molar-refractivity contribution < 1.29 is 4.79 Å². The van der Waals surface area contributed by atoms with Crippen LogP contribution in [-0.4, -0.2) is 6.29 Å². The number of rotatable bonds is 4. The largest absolute Gasteiger partial charge is 0.344 e. The molecule has 0 saturated carbocycles. The Morgan fingerprint density at radius 1 is 1.17 bits per heavy atom. The van der Waals surface area contributed by atoms with Crippen molar-refractivity contribution in [1.82, 2.24) is 6.15 Å². The van der Waals surface area contributed by atoms with Gasteiger partial charge >= 0.3 is 0 Å². The normalized spacial score (nSPS) is 9.58. The Hall–Kier alpha value is 0.360. The van der Waals surface area contributed by atoms with E-state index in [1.54, 1.807) is 0 Å². The molecule has 0 aromatic rings. The zero-order valence-corrected chi connectivity index (χ0v) is 10.8. The van der Waals surface area contributed by atoms with E-state index < -0.39 is 0 Å². The van der Waals surface area contributed by atoms with Gasteiger partial charge in [-0.15, -0.1) is 24.0 Å². The Bertz CT molecular complexity index is 99.2. The van der Waals surface area contributed by atoms with E-state index in [1.807, 2.05) is 0 Å². The maximum Gasteiger partial charge on any atom is 0.119 e. The average molecular weight is 287 g/mol. The molecule has 3 heteroatoms. The van der Waals surface area contributed by atoms with Crippen LogP contribution in [0, 0.1) is 5.41 Å². The highest BCUT2D eigenvalue weighted by Crippen LogP contribution is 2.21. The lowest BCUT2D eigenvalue weighted by molar-refractivity contribution is -0.107. The number of hydrogen-bond acceptors (Lipinski definition) is 2. The molecule has 0 fully saturated rings. The fraction of sp³-hybridized carbons (Fsp3) is 0.889. The first-order valence-electron chi connectivity index (χ1n) is 4.00. The van der Waals surface area contributed by atoms with Gasteiger partial charge in [-0.2, -0.15) is 0 Å². The predicted octanol–water partition coefficient (Wildman–Crippen LogP) is 3.57. The van der Waals surface area contributed by atoms with Gasteiger partial charge in [0.1, 0.15) is 6.29 Å². The maximum absolute atomic E-state index is 9.93. The molecule has 0 aromatic carbocycles. The highest BCUT2D eigenvalue weighted by molar-refractivity contribution is 14.0. The van der Waals surface area contributed by atoms with Crippen molar-refractivity contribution in [3.05, 3.63) is 0 Å². The highest BCUT2D eigenvalue weighted by Gasteiger charge is 2.08. The molecule has 0 atom stereocenters. The minimum atomic E-state index is 0. The van der Waals surface area contributed by atoms with Crippen LogP contribution in [0.25, 0.3) is 0 Å². The van der Waals surface area contributed by atoms with Gasteiger partial charge in [-0.25, -0.2) is 0 Å². The van der Waals surface area contributed by atoms with Gasteiger partial charge in [-0.3, -0.25) is 0 Å². The summed E-state index contributed by atoms with van der Waals surface area (Å²) < 4.78 is 0.